The van der Waals surface area contributed by atoms with Crippen molar-refractivity contribution < 1.29 is 4.39 Å². The van der Waals surface area contributed by atoms with Crippen LogP contribution in [-0.4, -0.2) is 18.0 Å². The standard InChI is InChI=1S/C16H24FN/c1-12(2)14-5-4-8-18(10-14)11-15-9-13(3)6-7-16(15)17/h6-7,9,12,14H,4-5,8,10-11H2,1-3H3. The first-order valence-electron chi connectivity index (χ1n) is 7.03. The molecule has 1 aromatic rings. The van der Waals surface area contributed by atoms with Gasteiger partial charge in [-0.1, -0.05) is 31.5 Å². The average Bonchev–Trinajstić information content (AvgIpc) is 2.34. The number of benzene rings is 1. The molecule has 2 heteroatoms. The van der Waals surface area contributed by atoms with E-state index in [1.54, 1.807) is 6.07 Å². The lowest BCUT2D eigenvalue weighted by Gasteiger charge is -2.34. The van der Waals surface area contributed by atoms with Gasteiger partial charge in [-0.05, 0) is 44.2 Å². The summed E-state index contributed by atoms with van der Waals surface area (Å²) in [6.45, 7) is 9.59. The van der Waals surface area contributed by atoms with Gasteiger partial charge in [-0.3, -0.25) is 4.90 Å². The minimum atomic E-state index is -0.0627. The minimum absolute atomic E-state index is 0.0627. The molecule has 1 aliphatic rings. The van der Waals surface area contributed by atoms with Crippen molar-refractivity contribution in [2.24, 2.45) is 11.8 Å². The lowest BCUT2D eigenvalue weighted by Crippen LogP contribution is -2.37. The van der Waals surface area contributed by atoms with Crippen LogP contribution in [-0.2, 0) is 6.54 Å². The van der Waals surface area contributed by atoms with Gasteiger partial charge in [-0.25, -0.2) is 4.39 Å². The molecule has 1 aromatic carbocycles. The molecule has 2 rings (SSSR count). The van der Waals surface area contributed by atoms with Gasteiger partial charge in [0.25, 0.3) is 0 Å². The van der Waals surface area contributed by atoms with Gasteiger partial charge in [0, 0.05) is 18.7 Å². The number of hydrogen-bond donors (Lipinski definition) is 0. The Morgan fingerprint density at radius 1 is 1.39 bits per heavy atom. The number of rotatable bonds is 3. The number of halogens is 1. The van der Waals surface area contributed by atoms with Crippen LogP contribution >= 0.6 is 0 Å². The highest BCUT2D eigenvalue weighted by atomic mass is 19.1. The summed E-state index contributed by atoms with van der Waals surface area (Å²) < 4.78 is 13.8. The second-order valence-electron chi connectivity index (χ2n) is 5.98. The molecule has 0 aromatic heterocycles. The summed E-state index contributed by atoms with van der Waals surface area (Å²) in [5, 5.41) is 0. The highest BCUT2D eigenvalue weighted by Crippen LogP contribution is 2.25. The zero-order valence-electron chi connectivity index (χ0n) is 11.7. The fourth-order valence-corrected chi connectivity index (χ4v) is 2.84. The van der Waals surface area contributed by atoms with E-state index in [1.807, 2.05) is 19.1 Å². The molecule has 0 saturated carbocycles. The Balaban J connectivity index is 2.02. The zero-order valence-corrected chi connectivity index (χ0v) is 11.7. The smallest absolute Gasteiger partial charge is 0.127 e. The van der Waals surface area contributed by atoms with Crippen molar-refractivity contribution in [1.29, 1.82) is 0 Å². The lowest BCUT2D eigenvalue weighted by atomic mass is 9.88. The van der Waals surface area contributed by atoms with Crippen molar-refractivity contribution in [2.45, 2.75) is 40.2 Å². The first kappa shape index (κ1) is 13.5. The molecule has 0 aliphatic carbocycles. The Morgan fingerprint density at radius 3 is 2.89 bits per heavy atom. The van der Waals surface area contributed by atoms with Crippen LogP contribution in [0.1, 0.15) is 37.8 Å². The molecule has 0 spiro atoms. The molecule has 1 aliphatic heterocycles. The van der Waals surface area contributed by atoms with Crippen LogP contribution < -0.4 is 0 Å². The van der Waals surface area contributed by atoms with Crippen LogP contribution in [0.2, 0.25) is 0 Å². The molecule has 18 heavy (non-hydrogen) atoms. The van der Waals surface area contributed by atoms with Gasteiger partial charge in [0.15, 0.2) is 0 Å². The van der Waals surface area contributed by atoms with E-state index < -0.39 is 0 Å². The number of piperidine rings is 1. The first-order chi connectivity index (χ1) is 8.56. The lowest BCUT2D eigenvalue weighted by molar-refractivity contribution is 0.138. The van der Waals surface area contributed by atoms with Crippen LogP contribution in [0.15, 0.2) is 18.2 Å². The van der Waals surface area contributed by atoms with E-state index in [-0.39, 0.29) is 5.82 Å². The van der Waals surface area contributed by atoms with Crippen LogP contribution in [0, 0.1) is 24.6 Å². The van der Waals surface area contributed by atoms with Gasteiger partial charge in [-0.2, -0.15) is 0 Å². The third-order valence-corrected chi connectivity index (χ3v) is 4.08. The monoisotopic (exact) mass is 249 g/mol. The van der Waals surface area contributed by atoms with Crippen LogP contribution in [0.3, 0.4) is 0 Å². The van der Waals surface area contributed by atoms with Gasteiger partial charge in [0.05, 0.1) is 0 Å². The molecule has 1 atom stereocenters. The molecule has 0 N–H and O–H groups in total. The fourth-order valence-electron chi connectivity index (χ4n) is 2.84. The molecule has 1 unspecified atom stereocenters. The van der Waals surface area contributed by atoms with E-state index >= 15 is 0 Å². The predicted molar refractivity (Wildman–Crippen MR) is 74.0 cm³/mol. The van der Waals surface area contributed by atoms with E-state index in [0.29, 0.717) is 0 Å². The van der Waals surface area contributed by atoms with E-state index in [2.05, 4.69) is 18.7 Å². The van der Waals surface area contributed by atoms with E-state index in [9.17, 15) is 4.39 Å². The van der Waals surface area contributed by atoms with Gasteiger partial charge in [0.2, 0.25) is 0 Å². The summed E-state index contributed by atoms with van der Waals surface area (Å²) in [7, 11) is 0. The second-order valence-corrected chi connectivity index (χ2v) is 5.98. The van der Waals surface area contributed by atoms with Crippen LogP contribution in [0.5, 0.6) is 0 Å². The largest absolute Gasteiger partial charge is 0.299 e. The summed E-state index contributed by atoms with van der Waals surface area (Å²) in [5.74, 6) is 1.44. The maximum absolute atomic E-state index is 13.8. The second kappa shape index (κ2) is 5.83. The van der Waals surface area contributed by atoms with Gasteiger partial charge >= 0.3 is 0 Å². The Bertz CT molecular complexity index is 400. The number of likely N-dealkylation sites (tertiary alicyclic amines) is 1. The molecular weight excluding hydrogens is 225 g/mol. The van der Waals surface area contributed by atoms with Crippen molar-refractivity contribution in [2.75, 3.05) is 13.1 Å². The highest BCUT2D eigenvalue weighted by molar-refractivity contribution is 5.24. The summed E-state index contributed by atoms with van der Waals surface area (Å²) in [5.41, 5.74) is 1.99. The Morgan fingerprint density at radius 2 is 2.17 bits per heavy atom. The maximum atomic E-state index is 13.8. The average molecular weight is 249 g/mol. The number of hydrogen-bond acceptors (Lipinski definition) is 1. The number of nitrogens with zero attached hydrogens (tertiary/aromatic N) is 1. The van der Waals surface area contributed by atoms with Crippen molar-refractivity contribution >= 4 is 0 Å². The van der Waals surface area contributed by atoms with Gasteiger partial charge < -0.3 is 0 Å². The van der Waals surface area contributed by atoms with Gasteiger partial charge in [0.1, 0.15) is 5.82 Å². The predicted octanol–water partition coefficient (Wildman–Crippen LogP) is 4.00. The molecule has 0 radical (unpaired) electrons. The van der Waals surface area contributed by atoms with Crippen LogP contribution in [0.4, 0.5) is 4.39 Å². The first-order valence-corrected chi connectivity index (χ1v) is 7.03. The van der Waals surface area contributed by atoms with Crippen molar-refractivity contribution in [3.63, 3.8) is 0 Å². The molecular formula is C16H24FN. The zero-order chi connectivity index (χ0) is 13.1. The normalized spacial score (nSPS) is 21.5. The molecule has 1 heterocycles. The molecule has 1 saturated heterocycles. The topological polar surface area (TPSA) is 3.24 Å². The van der Waals surface area contributed by atoms with Gasteiger partial charge in [-0.15, -0.1) is 0 Å². The van der Waals surface area contributed by atoms with Crippen LogP contribution in [0.25, 0.3) is 0 Å². The maximum Gasteiger partial charge on any atom is 0.127 e. The quantitative estimate of drug-likeness (QED) is 0.782. The summed E-state index contributed by atoms with van der Waals surface area (Å²) >= 11 is 0. The van der Waals surface area contributed by atoms with Crippen molar-refractivity contribution in [1.82, 2.24) is 4.90 Å². The van der Waals surface area contributed by atoms with E-state index in [0.717, 1.165) is 42.6 Å². The Hall–Kier alpha value is -0.890. The molecule has 0 amide bonds. The Labute approximate surface area is 110 Å². The van der Waals surface area contributed by atoms with Crippen molar-refractivity contribution in [3.05, 3.63) is 35.1 Å². The SMILES string of the molecule is Cc1ccc(F)c(CN2CCCC(C(C)C)C2)c1. The summed E-state index contributed by atoms with van der Waals surface area (Å²) in [4.78, 5) is 2.41. The summed E-state index contributed by atoms with van der Waals surface area (Å²) in [6.07, 6.45) is 2.57. The minimum Gasteiger partial charge on any atom is -0.299 e. The molecule has 1 fully saturated rings. The third kappa shape index (κ3) is 3.32. The Kier molecular flexibility index (Phi) is 4.39. The fraction of sp³-hybridized carbons (Fsp3) is 0.625. The van der Waals surface area contributed by atoms with E-state index in [1.165, 1.54) is 12.8 Å². The molecule has 100 valence electrons. The van der Waals surface area contributed by atoms with E-state index in [4.69, 9.17) is 0 Å². The third-order valence-electron chi connectivity index (χ3n) is 4.08. The summed E-state index contributed by atoms with van der Waals surface area (Å²) in [6, 6.07) is 5.41. The number of aryl methyl sites for hydroxylation is 1. The molecule has 1 nitrogen and oxygen atoms in total. The van der Waals surface area contributed by atoms with Crippen molar-refractivity contribution in [3.8, 4) is 0 Å². The highest BCUT2D eigenvalue weighted by Gasteiger charge is 2.22. The molecule has 0 bridgehead atoms.